The van der Waals surface area contributed by atoms with Crippen molar-refractivity contribution in [3.63, 3.8) is 0 Å². The molecule has 0 aromatic heterocycles. The van der Waals surface area contributed by atoms with Crippen LogP contribution in [0.15, 0.2) is 0 Å². The van der Waals surface area contributed by atoms with Crippen LogP contribution in [0.25, 0.3) is 0 Å². The summed E-state index contributed by atoms with van der Waals surface area (Å²) in [5.41, 5.74) is 5.82. The van der Waals surface area contributed by atoms with E-state index in [1.807, 2.05) is 6.92 Å². The molecule has 3 heteroatoms. The first-order valence-electron chi connectivity index (χ1n) is 7.19. The lowest BCUT2D eigenvalue weighted by atomic mass is 9.71. The van der Waals surface area contributed by atoms with Crippen LogP contribution in [0.3, 0.4) is 0 Å². The molecule has 0 bridgehead atoms. The first-order valence-corrected chi connectivity index (χ1v) is 7.19. The highest BCUT2D eigenvalue weighted by Gasteiger charge is 2.34. The molecule has 1 aliphatic carbocycles. The molecule has 108 valence electrons. The van der Waals surface area contributed by atoms with Crippen LogP contribution in [-0.2, 0) is 4.74 Å². The Morgan fingerprint density at radius 3 is 2.56 bits per heavy atom. The van der Waals surface area contributed by atoms with E-state index < -0.39 is 5.54 Å². The molecule has 0 heterocycles. The molecule has 1 aliphatic rings. The van der Waals surface area contributed by atoms with Gasteiger partial charge in [0, 0.05) is 5.54 Å². The Bertz CT molecular complexity index is 263. The Hall–Kier alpha value is -0.120. The normalized spacial score (nSPS) is 32.8. The van der Waals surface area contributed by atoms with Gasteiger partial charge in [-0.25, -0.2) is 0 Å². The molecule has 0 spiro atoms. The fourth-order valence-electron chi connectivity index (χ4n) is 3.46. The molecule has 3 nitrogen and oxygen atoms in total. The van der Waals surface area contributed by atoms with Crippen LogP contribution in [-0.4, -0.2) is 29.5 Å². The molecule has 1 saturated carbocycles. The summed E-state index contributed by atoms with van der Waals surface area (Å²) < 4.78 is 6.14. The quantitative estimate of drug-likeness (QED) is 0.796. The van der Waals surface area contributed by atoms with Gasteiger partial charge in [-0.15, -0.1) is 0 Å². The standard InChI is InChI=1S/C15H31NO2/c1-11-6-13(9-14(3,4)7-11)18-12(2)8-15(5,16)10-17/h11-13,17H,6-10,16H2,1-5H3. The molecule has 0 aromatic rings. The Balaban J connectivity index is 2.46. The maximum Gasteiger partial charge on any atom is 0.0609 e. The molecule has 18 heavy (non-hydrogen) atoms. The van der Waals surface area contributed by atoms with Gasteiger partial charge in [-0.05, 0) is 50.9 Å². The Morgan fingerprint density at radius 2 is 2.06 bits per heavy atom. The second kappa shape index (κ2) is 5.89. The van der Waals surface area contributed by atoms with Crippen molar-refractivity contribution >= 4 is 0 Å². The van der Waals surface area contributed by atoms with Crippen LogP contribution in [0, 0.1) is 11.3 Å². The lowest BCUT2D eigenvalue weighted by Crippen LogP contribution is -2.44. The number of ether oxygens (including phenoxy) is 1. The van der Waals surface area contributed by atoms with Crippen molar-refractivity contribution in [1.82, 2.24) is 0 Å². The van der Waals surface area contributed by atoms with Crippen molar-refractivity contribution in [3.8, 4) is 0 Å². The van der Waals surface area contributed by atoms with Crippen LogP contribution < -0.4 is 5.73 Å². The number of aliphatic hydroxyl groups excluding tert-OH is 1. The Kier molecular flexibility index (Phi) is 5.22. The molecule has 0 amide bonds. The van der Waals surface area contributed by atoms with Crippen LogP contribution in [0.1, 0.15) is 60.3 Å². The van der Waals surface area contributed by atoms with Crippen molar-refractivity contribution in [1.29, 1.82) is 0 Å². The fourth-order valence-corrected chi connectivity index (χ4v) is 3.46. The maximum atomic E-state index is 9.19. The van der Waals surface area contributed by atoms with Gasteiger partial charge in [-0.2, -0.15) is 0 Å². The van der Waals surface area contributed by atoms with E-state index in [0.29, 0.717) is 17.9 Å². The van der Waals surface area contributed by atoms with E-state index >= 15 is 0 Å². The van der Waals surface area contributed by atoms with Gasteiger partial charge >= 0.3 is 0 Å². The third-order valence-electron chi connectivity index (χ3n) is 3.89. The fraction of sp³-hybridized carbons (Fsp3) is 1.00. The summed E-state index contributed by atoms with van der Waals surface area (Å²) in [6.07, 6.45) is 4.71. The largest absolute Gasteiger partial charge is 0.394 e. The van der Waals surface area contributed by atoms with Crippen molar-refractivity contribution in [2.24, 2.45) is 17.1 Å². The zero-order valence-electron chi connectivity index (χ0n) is 12.7. The summed E-state index contributed by atoms with van der Waals surface area (Å²) in [6.45, 7) is 10.9. The van der Waals surface area contributed by atoms with Gasteiger partial charge in [0.05, 0.1) is 18.8 Å². The Labute approximate surface area is 112 Å². The average Bonchev–Trinajstić information content (AvgIpc) is 2.12. The number of aliphatic hydroxyl groups is 1. The van der Waals surface area contributed by atoms with E-state index in [9.17, 15) is 5.11 Å². The van der Waals surface area contributed by atoms with Crippen LogP contribution in [0.2, 0.25) is 0 Å². The molecule has 1 fully saturated rings. The van der Waals surface area contributed by atoms with E-state index in [2.05, 4.69) is 27.7 Å². The summed E-state index contributed by atoms with van der Waals surface area (Å²) in [5, 5.41) is 9.19. The topological polar surface area (TPSA) is 55.5 Å². The van der Waals surface area contributed by atoms with E-state index in [1.54, 1.807) is 0 Å². The Morgan fingerprint density at radius 1 is 1.44 bits per heavy atom. The second-order valence-corrected chi connectivity index (χ2v) is 7.50. The predicted octanol–water partition coefficient (Wildman–Crippen LogP) is 2.71. The minimum absolute atomic E-state index is 0.00720. The number of hydrogen-bond donors (Lipinski definition) is 2. The first-order chi connectivity index (χ1) is 8.13. The average molecular weight is 257 g/mol. The molecular weight excluding hydrogens is 226 g/mol. The third kappa shape index (κ3) is 5.25. The van der Waals surface area contributed by atoms with E-state index in [4.69, 9.17) is 10.5 Å². The molecule has 0 aliphatic heterocycles. The molecule has 0 radical (unpaired) electrons. The number of hydrogen-bond acceptors (Lipinski definition) is 3. The molecule has 1 rings (SSSR count). The predicted molar refractivity (Wildman–Crippen MR) is 75.4 cm³/mol. The number of nitrogens with two attached hydrogens (primary N) is 1. The van der Waals surface area contributed by atoms with Gasteiger partial charge in [0.1, 0.15) is 0 Å². The summed E-state index contributed by atoms with van der Waals surface area (Å²) >= 11 is 0. The van der Waals surface area contributed by atoms with E-state index in [1.165, 1.54) is 6.42 Å². The summed E-state index contributed by atoms with van der Waals surface area (Å²) in [4.78, 5) is 0. The lowest BCUT2D eigenvalue weighted by molar-refractivity contribution is -0.0685. The van der Waals surface area contributed by atoms with Gasteiger partial charge in [-0.1, -0.05) is 20.8 Å². The van der Waals surface area contributed by atoms with Gasteiger partial charge in [0.25, 0.3) is 0 Å². The molecule has 3 N–H and O–H groups in total. The zero-order valence-corrected chi connectivity index (χ0v) is 12.7. The van der Waals surface area contributed by atoms with Crippen LogP contribution in [0.4, 0.5) is 0 Å². The smallest absolute Gasteiger partial charge is 0.0609 e. The monoisotopic (exact) mass is 257 g/mol. The highest BCUT2D eigenvalue weighted by Crippen LogP contribution is 2.40. The van der Waals surface area contributed by atoms with Crippen LogP contribution in [0.5, 0.6) is 0 Å². The zero-order chi connectivity index (χ0) is 14.0. The van der Waals surface area contributed by atoms with Crippen molar-refractivity contribution in [2.45, 2.75) is 78.0 Å². The first kappa shape index (κ1) is 15.9. The lowest BCUT2D eigenvalue weighted by Gasteiger charge is -2.40. The van der Waals surface area contributed by atoms with Crippen LogP contribution >= 0.6 is 0 Å². The third-order valence-corrected chi connectivity index (χ3v) is 3.89. The highest BCUT2D eigenvalue weighted by molar-refractivity contribution is 4.85. The van der Waals surface area contributed by atoms with Gasteiger partial charge < -0.3 is 15.6 Å². The summed E-state index contributed by atoms with van der Waals surface area (Å²) in [6, 6.07) is 0. The van der Waals surface area contributed by atoms with E-state index in [-0.39, 0.29) is 12.7 Å². The summed E-state index contributed by atoms with van der Waals surface area (Å²) in [5.74, 6) is 0.730. The van der Waals surface area contributed by atoms with Gasteiger partial charge in [0.2, 0.25) is 0 Å². The molecule has 0 saturated heterocycles. The molecule has 0 aromatic carbocycles. The molecule has 4 unspecified atom stereocenters. The van der Waals surface area contributed by atoms with Gasteiger partial charge in [0.15, 0.2) is 0 Å². The maximum absolute atomic E-state index is 9.19. The van der Waals surface area contributed by atoms with Crippen molar-refractivity contribution in [2.75, 3.05) is 6.61 Å². The van der Waals surface area contributed by atoms with Gasteiger partial charge in [-0.3, -0.25) is 0 Å². The number of rotatable bonds is 5. The molecular formula is C15H31NO2. The van der Waals surface area contributed by atoms with Crippen molar-refractivity contribution < 1.29 is 9.84 Å². The minimum Gasteiger partial charge on any atom is -0.394 e. The molecule has 4 atom stereocenters. The second-order valence-electron chi connectivity index (χ2n) is 7.50. The van der Waals surface area contributed by atoms with Crippen molar-refractivity contribution in [3.05, 3.63) is 0 Å². The highest BCUT2D eigenvalue weighted by atomic mass is 16.5. The summed E-state index contributed by atoms with van der Waals surface area (Å²) in [7, 11) is 0. The van der Waals surface area contributed by atoms with E-state index in [0.717, 1.165) is 18.8 Å². The minimum atomic E-state index is -0.533. The SMILES string of the molecule is CC1CC(OC(C)CC(C)(N)CO)CC(C)(C)C1.